The van der Waals surface area contributed by atoms with E-state index in [1.807, 2.05) is 47.2 Å². The summed E-state index contributed by atoms with van der Waals surface area (Å²) in [5, 5.41) is 7.36. The number of carbonyl (C=O) groups excluding carboxylic acids is 1. The zero-order valence-corrected chi connectivity index (χ0v) is 43.6. The Morgan fingerprint density at radius 2 is 1.64 bits per heavy atom. The normalized spacial score (nSPS) is 23.1. The Labute approximate surface area is 430 Å². The van der Waals surface area contributed by atoms with Gasteiger partial charge in [0.2, 0.25) is 0 Å². The topological polar surface area (TPSA) is 144 Å². The van der Waals surface area contributed by atoms with E-state index in [-0.39, 0.29) is 11.0 Å². The Hall–Kier alpha value is -4.18. The van der Waals surface area contributed by atoms with Crippen LogP contribution in [-0.4, -0.2) is 152 Å². The molecule has 4 atom stereocenters. The van der Waals surface area contributed by atoms with Crippen molar-refractivity contribution in [3.8, 4) is 0 Å². The van der Waals surface area contributed by atoms with Crippen LogP contribution in [0.1, 0.15) is 54.9 Å². The van der Waals surface area contributed by atoms with Gasteiger partial charge in [0, 0.05) is 117 Å². The predicted molar refractivity (Wildman–Crippen MR) is 278 cm³/mol. The van der Waals surface area contributed by atoms with Crippen molar-refractivity contribution in [3.63, 3.8) is 0 Å². The third-order valence-corrected chi connectivity index (χ3v) is 19.1. The van der Waals surface area contributed by atoms with Crippen LogP contribution in [0.15, 0.2) is 117 Å². The summed E-state index contributed by atoms with van der Waals surface area (Å²) in [7, 11) is -10.9. The number of piperazine rings is 2. The summed E-state index contributed by atoms with van der Waals surface area (Å²) in [5.41, 5.74) is -0.978. The number of sulfone groups is 1. The number of rotatable bonds is 18. The molecule has 1 aliphatic carbocycles. The number of carbonyl (C=O) groups is 1. The van der Waals surface area contributed by atoms with Gasteiger partial charge in [-0.2, -0.15) is 13.2 Å². The first-order chi connectivity index (χ1) is 34.4. The van der Waals surface area contributed by atoms with Gasteiger partial charge in [-0.1, -0.05) is 54.4 Å². The third kappa shape index (κ3) is 12.7. The van der Waals surface area contributed by atoms with Gasteiger partial charge in [-0.25, -0.2) is 21.6 Å². The zero-order valence-electron chi connectivity index (χ0n) is 40.4. The molecule has 5 aliphatic rings. The molecule has 4 heterocycles. The molecule has 20 heteroatoms. The number of likely N-dealkylation sites (tertiary alicyclic amines) is 1. The average molecular weight is 1070 g/mol. The lowest BCUT2D eigenvalue weighted by Crippen LogP contribution is -2.49. The maximum Gasteiger partial charge on any atom is 0.501 e. The maximum absolute atomic E-state index is 14.3. The second kappa shape index (κ2) is 22.3. The molecule has 9 rings (SSSR count). The van der Waals surface area contributed by atoms with Crippen molar-refractivity contribution < 1.29 is 39.5 Å². The van der Waals surface area contributed by atoms with Crippen LogP contribution in [0.2, 0.25) is 5.02 Å². The monoisotopic (exact) mass is 1070 g/mol. The summed E-state index contributed by atoms with van der Waals surface area (Å²) in [6, 6.07) is 27.3. The number of allylic oxidation sites excluding steroid dienone is 1. The van der Waals surface area contributed by atoms with Crippen LogP contribution in [0.3, 0.4) is 0 Å². The minimum Gasteiger partial charge on any atom is -0.380 e. The number of amides is 1. The minimum absolute atomic E-state index is 0.00134. The Morgan fingerprint density at radius 1 is 0.917 bits per heavy atom. The van der Waals surface area contributed by atoms with Gasteiger partial charge >= 0.3 is 5.51 Å². The van der Waals surface area contributed by atoms with Crippen LogP contribution in [0.5, 0.6) is 0 Å². The fraction of sp³-hybridized carbons (Fsp3) is 0.481. The molecule has 0 saturated carbocycles. The van der Waals surface area contributed by atoms with Gasteiger partial charge in [0.05, 0.1) is 23.8 Å². The summed E-state index contributed by atoms with van der Waals surface area (Å²) in [5.74, 6) is -0.651. The average Bonchev–Trinajstić information content (AvgIpc) is 3.99. The van der Waals surface area contributed by atoms with Crippen molar-refractivity contribution in [3.05, 3.63) is 119 Å². The van der Waals surface area contributed by atoms with Gasteiger partial charge in [0.1, 0.15) is 4.90 Å². The SMILES string of the molecule is CC1(CN2C[C@H]3C[C@@H]2CN3)CCC(c2ccc(Cl)cc2)=C(CN2CCN(c3ccc(C(=O)NS(=O)(=O)c4ccc(N[C@H](CCN5CCOCC5)CSc5ccccc5)c(S(=O)(=O)C(F)(F)F)c4)cc3)CC2)C1. The summed E-state index contributed by atoms with van der Waals surface area (Å²) in [6.45, 7) is 12.8. The van der Waals surface area contributed by atoms with E-state index in [0.717, 1.165) is 99.4 Å². The Kier molecular flexibility index (Phi) is 16.3. The molecule has 4 aromatic carbocycles. The van der Waals surface area contributed by atoms with Crippen LogP contribution >= 0.6 is 23.4 Å². The maximum atomic E-state index is 14.3. The molecular formula is C52H63ClF3N7O6S3. The molecular weight excluding hydrogens is 1010 g/mol. The number of thioether (sulfide) groups is 1. The van der Waals surface area contributed by atoms with Crippen molar-refractivity contribution in [2.75, 3.05) is 101 Å². The van der Waals surface area contributed by atoms with Crippen LogP contribution in [0.25, 0.3) is 5.57 Å². The van der Waals surface area contributed by atoms with Crippen molar-refractivity contribution in [2.45, 2.75) is 77.3 Å². The van der Waals surface area contributed by atoms with E-state index >= 15 is 0 Å². The Bertz CT molecular complexity index is 2800. The minimum atomic E-state index is -6.06. The number of alkyl halides is 3. The number of morpholine rings is 1. The fourth-order valence-corrected chi connectivity index (χ4v) is 14.0. The van der Waals surface area contributed by atoms with Gasteiger partial charge < -0.3 is 20.3 Å². The quantitative estimate of drug-likeness (QED) is 0.0834. The van der Waals surface area contributed by atoms with Crippen LogP contribution in [0.4, 0.5) is 24.5 Å². The summed E-state index contributed by atoms with van der Waals surface area (Å²) >= 11 is 7.76. The molecule has 0 radical (unpaired) electrons. The highest BCUT2D eigenvalue weighted by molar-refractivity contribution is 7.99. The van der Waals surface area contributed by atoms with Gasteiger partial charge in [-0.15, -0.1) is 11.8 Å². The second-order valence-electron chi connectivity index (χ2n) is 20.1. The number of nitrogens with one attached hydrogen (secondary N) is 3. The fourth-order valence-electron chi connectivity index (χ4n) is 10.9. The first-order valence-electron chi connectivity index (χ1n) is 24.7. The number of ether oxygens (including phenoxy) is 1. The number of hydrogen-bond acceptors (Lipinski definition) is 13. The van der Waals surface area contributed by atoms with E-state index in [1.165, 1.54) is 47.0 Å². The second-order valence-corrected chi connectivity index (χ2v) is 25.2. The summed E-state index contributed by atoms with van der Waals surface area (Å²) < 4.78 is 104. The lowest BCUT2D eigenvalue weighted by Gasteiger charge is -2.43. The highest BCUT2D eigenvalue weighted by Crippen LogP contribution is 2.45. The number of halogens is 4. The van der Waals surface area contributed by atoms with Crippen molar-refractivity contribution in [1.29, 1.82) is 0 Å². The van der Waals surface area contributed by atoms with Crippen molar-refractivity contribution >= 4 is 66.1 Å². The van der Waals surface area contributed by atoms with E-state index in [4.69, 9.17) is 16.3 Å². The van der Waals surface area contributed by atoms with Crippen molar-refractivity contribution in [1.82, 2.24) is 24.7 Å². The number of sulfonamides is 1. The zero-order chi connectivity index (χ0) is 50.7. The molecule has 1 unspecified atom stereocenters. The molecule has 4 saturated heterocycles. The molecule has 3 N–H and O–H groups in total. The number of fused-ring (bicyclic) bond motifs is 2. The number of hydrogen-bond donors (Lipinski definition) is 3. The first-order valence-corrected chi connectivity index (χ1v) is 29.0. The smallest absolute Gasteiger partial charge is 0.380 e. The molecule has 72 heavy (non-hydrogen) atoms. The molecule has 4 fully saturated rings. The van der Waals surface area contributed by atoms with E-state index < -0.39 is 52.8 Å². The summed E-state index contributed by atoms with van der Waals surface area (Å²) in [6.07, 6.45) is 4.87. The van der Waals surface area contributed by atoms with Crippen LogP contribution < -0.4 is 20.3 Å². The summed E-state index contributed by atoms with van der Waals surface area (Å²) in [4.78, 5) is 21.9. The number of benzene rings is 4. The predicted octanol–water partition coefficient (Wildman–Crippen LogP) is 7.86. The molecule has 0 aromatic heterocycles. The molecule has 0 spiro atoms. The molecule has 2 bridgehead atoms. The van der Waals surface area contributed by atoms with Crippen LogP contribution in [-0.2, 0) is 24.6 Å². The van der Waals surface area contributed by atoms with Gasteiger partial charge in [-0.3, -0.25) is 19.5 Å². The van der Waals surface area contributed by atoms with Gasteiger partial charge in [-0.05, 0) is 115 Å². The Balaban J connectivity index is 0.847. The lowest BCUT2D eigenvalue weighted by molar-refractivity contribution is -0.0435. The molecule has 1 amide bonds. The number of nitrogens with zero attached hydrogens (tertiary/aromatic N) is 4. The highest BCUT2D eigenvalue weighted by atomic mass is 35.5. The van der Waals surface area contributed by atoms with Gasteiger partial charge in [0.25, 0.3) is 25.8 Å². The molecule has 4 aromatic rings. The number of anilines is 2. The van der Waals surface area contributed by atoms with E-state index in [2.05, 4.69) is 49.3 Å². The van der Waals surface area contributed by atoms with Crippen molar-refractivity contribution in [2.24, 2.45) is 5.41 Å². The van der Waals surface area contributed by atoms with Gasteiger partial charge in [0.15, 0.2) is 0 Å². The van der Waals surface area contributed by atoms with E-state index in [0.29, 0.717) is 63.2 Å². The standard InChI is InChI=1S/C52H63ClF3N7O6S3/c1-51(36-63-34-42-29-44(63)32-57-42)19-17-47(37-7-11-40(53)12-8-37)39(31-51)33-61-21-23-62(24-22-61)43-13-9-38(10-14-43)50(64)59-72(67,68)46-15-16-48(49(30-46)71(65,66)52(54,55)56)58-41(18-20-60-25-27-69-28-26-60)35-70-45-5-3-2-4-6-45/h2-16,30,41-42,44,57-58H,17-29,31-36H2,1H3,(H,59,64)/t41-,42-,44-,51?/m1/s1. The van der Waals surface area contributed by atoms with E-state index in [1.54, 1.807) is 12.1 Å². The Morgan fingerprint density at radius 3 is 2.31 bits per heavy atom. The first kappa shape index (κ1) is 52.7. The third-order valence-electron chi connectivity index (χ3n) is 14.8. The molecule has 388 valence electrons. The van der Waals surface area contributed by atoms with Crippen LogP contribution in [0, 0.1) is 5.41 Å². The highest BCUT2D eigenvalue weighted by Gasteiger charge is 2.49. The largest absolute Gasteiger partial charge is 0.501 e. The molecule has 4 aliphatic heterocycles. The molecule has 13 nitrogen and oxygen atoms in total. The van der Waals surface area contributed by atoms with E-state index in [9.17, 15) is 34.8 Å². The lowest BCUT2D eigenvalue weighted by atomic mass is 9.71.